The SMILES string of the molecule is Cc1ccc2c(c1)c1cc3c4cc(C)ccc4n(-c4nc(-c5ccccc5)nc(-c5ccc6c(c5)C5(c7ccccc7-c7ccccc75)c5ccccc5-6)n4)c3cc1n2-c1ccccc1. The summed E-state index contributed by atoms with van der Waals surface area (Å²) in [4.78, 5) is 16.2. The van der Waals surface area contributed by atoms with Gasteiger partial charge < -0.3 is 4.57 Å². The molecule has 0 atom stereocenters. The second-order valence-electron chi connectivity index (χ2n) is 17.7. The van der Waals surface area contributed by atoms with Crippen molar-refractivity contribution >= 4 is 43.6 Å². The van der Waals surface area contributed by atoms with Gasteiger partial charge in [0.2, 0.25) is 5.95 Å². The van der Waals surface area contributed by atoms with Crippen LogP contribution >= 0.6 is 0 Å². The predicted molar refractivity (Wildman–Crippen MR) is 265 cm³/mol. The Bertz CT molecular complexity index is 3910. The Morgan fingerprint density at radius 3 is 1.42 bits per heavy atom. The van der Waals surface area contributed by atoms with Gasteiger partial charge in [-0.3, -0.25) is 4.57 Å². The highest BCUT2D eigenvalue weighted by atomic mass is 15.2. The third-order valence-electron chi connectivity index (χ3n) is 14.1. The number of aromatic nitrogens is 5. The molecule has 0 amide bonds. The third kappa shape index (κ3) is 4.95. The smallest absolute Gasteiger partial charge is 0.238 e. The van der Waals surface area contributed by atoms with Crippen molar-refractivity contribution in [1.82, 2.24) is 24.1 Å². The number of aryl methyl sites for hydroxylation is 2. The molecule has 3 heterocycles. The van der Waals surface area contributed by atoms with Crippen LogP contribution in [0.2, 0.25) is 0 Å². The van der Waals surface area contributed by atoms with E-state index >= 15 is 0 Å². The number of fused-ring (bicyclic) bond motifs is 16. The van der Waals surface area contributed by atoms with E-state index in [0.717, 1.165) is 44.1 Å². The molecule has 12 aromatic rings. The van der Waals surface area contributed by atoms with E-state index in [4.69, 9.17) is 15.0 Å². The Hall–Kier alpha value is -8.41. The van der Waals surface area contributed by atoms with Crippen molar-refractivity contribution in [3.63, 3.8) is 0 Å². The lowest BCUT2D eigenvalue weighted by Crippen LogP contribution is -2.25. The van der Waals surface area contributed by atoms with Gasteiger partial charge in [-0.1, -0.05) is 157 Å². The molecular formula is C60H39N5. The third-order valence-corrected chi connectivity index (χ3v) is 14.1. The average Bonchev–Trinajstić information content (AvgIpc) is 4.05. The normalized spacial score (nSPS) is 13.2. The lowest BCUT2D eigenvalue weighted by molar-refractivity contribution is 0.793. The lowest BCUT2D eigenvalue weighted by Gasteiger charge is -2.30. The van der Waals surface area contributed by atoms with E-state index in [-0.39, 0.29) is 0 Å². The van der Waals surface area contributed by atoms with Gasteiger partial charge in [-0.05, 0) is 113 Å². The van der Waals surface area contributed by atoms with Gasteiger partial charge in [-0.25, -0.2) is 4.98 Å². The first-order chi connectivity index (χ1) is 32.0. The van der Waals surface area contributed by atoms with Crippen molar-refractivity contribution in [2.75, 3.05) is 0 Å². The summed E-state index contributed by atoms with van der Waals surface area (Å²) in [5, 5.41) is 4.76. The summed E-state index contributed by atoms with van der Waals surface area (Å²) >= 11 is 0. The minimum absolute atomic E-state index is 0.487. The van der Waals surface area contributed by atoms with E-state index in [1.54, 1.807) is 0 Å². The van der Waals surface area contributed by atoms with Gasteiger partial charge >= 0.3 is 0 Å². The first-order valence-corrected chi connectivity index (χ1v) is 22.4. The quantitative estimate of drug-likeness (QED) is 0.178. The van der Waals surface area contributed by atoms with Crippen molar-refractivity contribution in [3.05, 3.63) is 234 Å². The zero-order valence-corrected chi connectivity index (χ0v) is 35.8. The van der Waals surface area contributed by atoms with Gasteiger partial charge in [0, 0.05) is 38.4 Å². The first-order valence-electron chi connectivity index (χ1n) is 22.4. The van der Waals surface area contributed by atoms with E-state index in [9.17, 15) is 0 Å². The maximum absolute atomic E-state index is 5.52. The fraction of sp³-hybridized carbons (Fsp3) is 0.0500. The number of nitrogens with zero attached hydrogens (tertiary/aromatic N) is 5. The summed E-state index contributed by atoms with van der Waals surface area (Å²) in [6.07, 6.45) is 0. The van der Waals surface area contributed by atoms with Gasteiger partial charge in [0.25, 0.3) is 0 Å². The lowest BCUT2D eigenvalue weighted by atomic mass is 9.70. The molecule has 0 bridgehead atoms. The van der Waals surface area contributed by atoms with Gasteiger partial charge in [0.05, 0.1) is 27.5 Å². The van der Waals surface area contributed by atoms with Gasteiger partial charge in [-0.2, -0.15) is 9.97 Å². The molecule has 65 heavy (non-hydrogen) atoms. The van der Waals surface area contributed by atoms with Crippen LogP contribution in [-0.4, -0.2) is 24.1 Å². The Kier molecular flexibility index (Phi) is 7.39. The van der Waals surface area contributed by atoms with Gasteiger partial charge in [-0.15, -0.1) is 0 Å². The number of hydrogen-bond donors (Lipinski definition) is 0. The van der Waals surface area contributed by atoms with Crippen LogP contribution in [0.4, 0.5) is 0 Å². The minimum atomic E-state index is -0.487. The molecule has 0 unspecified atom stereocenters. The summed E-state index contributed by atoms with van der Waals surface area (Å²) in [7, 11) is 0. The maximum atomic E-state index is 5.52. The fourth-order valence-electron chi connectivity index (χ4n) is 11.4. The molecule has 3 aromatic heterocycles. The molecule has 0 N–H and O–H groups in total. The van der Waals surface area contributed by atoms with E-state index < -0.39 is 5.41 Å². The molecule has 5 nitrogen and oxygen atoms in total. The van der Waals surface area contributed by atoms with Crippen molar-refractivity contribution in [1.29, 1.82) is 0 Å². The Morgan fingerprint density at radius 1 is 0.338 bits per heavy atom. The molecule has 2 aliphatic rings. The molecular weight excluding hydrogens is 791 g/mol. The molecule has 0 fully saturated rings. The molecule has 0 saturated carbocycles. The van der Waals surface area contributed by atoms with Crippen LogP contribution < -0.4 is 0 Å². The average molecular weight is 830 g/mol. The predicted octanol–water partition coefficient (Wildman–Crippen LogP) is 14.4. The van der Waals surface area contributed by atoms with E-state index in [0.29, 0.717) is 17.6 Å². The molecule has 9 aromatic carbocycles. The van der Waals surface area contributed by atoms with Crippen LogP contribution in [0.5, 0.6) is 0 Å². The Labute approximate surface area is 375 Å². The molecule has 304 valence electrons. The van der Waals surface area contributed by atoms with Crippen molar-refractivity contribution in [2.45, 2.75) is 19.3 Å². The summed E-state index contributed by atoms with van der Waals surface area (Å²) in [5.74, 6) is 1.82. The molecule has 14 rings (SSSR count). The first kappa shape index (κ1) is 36.1. The van der Waals surface area contributed by atoms with Gasteiger partial charge in [0.1, 0.15) is 0 Å². The van der Waals surface area contributed by atoms with Crippen molar-refractivity contribution in [3.8, 4) is 56.7 Å². The topological polar surface area (TPSA) is 48.5 Å². The van der Waals surface area contributed by atoms with E-state index in [2.05, 4.69) is 205 Å². The van der Waals surface area contributed by atoms with Crippen LogP contribution in [0, 0.1) is 13.8 Å². The van der Waals surface area contributed by atoms with E-state index in [1.807, 2.05) is 18.2 Å². The Balaban J connectivity index is 1.06. The van der Waals surface area contributed by atoms with Crippen molar-refractivity contribution < 1.29 is 0 Å². The molecule has 0 aliphatic heterocycles. The number of para-hydroxylation sites is 1. The number of rotatable bonds is 4. The second kappa shape index (κ2) is 13.3. The molecule has 0 saturated heterocycles. The van der Waals surface area contributed by atoms with Crippen LogP contribution in [0.25, 0.3) is 100 Å². The standard InChI is InChI=1S/C60H39N5/c1-36-25-29-53-45(31-36)47-34-48-46-32-37(2)26-30-54(46)65(56(48)35-55(47)64(53)40-17-7-4-8-18-40)59-62-57(38-15-5-3-6-16-38)61-58(63-59)39-27-28-44-43-21-11-14-24-51(43)60(52(44)33-39)49-22-12-9-19-41(49)42-20-10-13-23-50(42)60/h3-35H,1-2H3. The monoisotopic (exact) mass is 829 g/mol. The zero-order valence-electron chi connectivity index (χ0n) is 35.8. The zero-order chi connectivity index (χ0) is 43.0. The van der Waals surface area contributed by atoms with Crippen LogP contribution in [0.3, 0.4) is 0 Å². The summed E-state index contributed by atoms with van der Waals surface area (Å²) in [6.45, 7) is 4.34. The second-order valence-corrected chi connectivity index (χ2v) is 17.7. The maximum Gasteiger partial charge on any atom is 0.238 e. The highest BCUT2D eigenvalue weighted by Gasteiger charge is 2.51. The van der Waals surface area contributed by atoms with Crippen LogP contribution in [-0.2, 0) is 5.41 Å². The van der Waals surface area contributed by atoms with E-state index in [1.165, 1.54) is 71.9 Å². The summed E-state index contributed by atoms with van der Waals surface area (Å²) in [6, 6.07) is 72.9. The highest BCUT2D eigenvalue weighted by molar-refractivity contribution is 6.19. The number of benzene rings is 9. The summed E-state index contributed by atoms with van der Waals surface area (Å²) in [5.41, 5.74) is 19.5. The molecule has 0 radical (unpaired) electrons. The summed E-state index contributed by atoms with van der Waals surface area (Å²) < 4.78 is 4.65. The molecule has 2 aliphatic carbocycles. The molecule has 5 heteroatoms. The number of hydrogen-bond acceptors (Lipinski definition) is 3. The largest absolute Gasteiger partial charge is 0.309 e. The van der Waals surface area contributed by atoms with Crippen LogP contribution in [0.1, 0.15) is 33.4 Å². The van der Waals surface area contributed by atoms with Gasteiger partial charge in [0.15, 0.2) is 11.6 Å². The minimum Gasteiger partial charge on any atom is -0.309 e. The van der Waals surface area contributed by atoms with Crippen LogP contribution in [0.15, 0.2) is 200 Å². The highest BCUT2D eigenvalue weighted by Crippen LogP contribution is 2.63. The Morgan fingerprint density at radius 2 is 0.815 bits per heavy atom. The van der Waals surface area contributed by atoms with Crippen molar-refractivity contribution in [2.24, 2.45) is 0 Å². The molecule has 1 spiro atoms. The fourth-order valence-corrected chi connectivity index (χ4v) is 11.4.